The van der Waals surface area contributed by atoms with Crippen LogP contribution in [0.15, 0.2) is 48.7 Å². The molecule has 1 aliphatic rings. The van der Waals surface area contributed by atoms with Gasteiger partial charge in [0.25, 0.3) is 0 Å². The number of likely N-dealkylation sites (N-methyl/N-ethyl adjacent to an activating group) is 1. The van der Waals surface area contributed by atoms with Crippen LogP contribution in [0, 0.1) is 12.8 Å². The Kier molecular flexibility index (Phi) is 6.76. The zero-order valence-electron chi connectivity index (χ0n) is 16.6. The first-order valence-corrected chi connectivity index (χ1v) is 9.75. The third-order valence-electron chi connectivity index (χ3n) is 5.12. The van der Waals surface area contributed by atoms with Gasteiger partial charge in [0.1, 0.15) is 5.82 Å². The Morgan fingerprint density at radius 3 is 2.71 bits per heavy atom. The van der Waals surface area contributed by atoms with Crippen LogP contribution in [0.4, 0.5) is 5.82 Å². The number of benzene rings is 1. The first-order valence-electron chi connectivity index (χ1n) is 9.75. The maximum atomic E-state index is 12.6. The zero-order valence-corrected chi connectivity index (χ0v) is 16.6. The molecule has 1 N–H and O–H groups in total. The van der Waals surface area contributed by atoms with Gasteiger partial charge < -0.3 is 10.2 Å². The summed E-state index contributed by atoms with van der Waals surface area (Å²) in [5.41, 5.74) is 2.33. The molecule has 0 saturated carbocycles. The Balaban J connectivity index is 1.50. The SMILES string of the molecule is Cc1ccc(CN(C)C(=O)CN2CCC[C@H](C(=O)Nc3ccccn3)C2)cc1. The number of anilines is 1. The summed E-state index contributed by atoms with van der Waals surface area (Å²) in [4.78, 5) is 33.1. The van der Waals surface area contributed by atoms with E-state index < -0.39 is 0 Å². The van der Waals surface area contributed by atoms with Crippen molar-refractivity contribution in [1.82, 2.24) is 14.8 Å². The van der Waals surface area contributed by atoms with E-state index >= 15 is 0 Å². The number of aryl methyl sites for hydroxylation is 1. The Morgan fingerprint density at radius 1 is 1.21 bits per heavy atom. The number of likely N-dealkylation sites (tertiary alicyclic amines) is 1. The molecule has 6 heteroatoms. The highest BCUT2D eigenvalue weighted by molar-refractivity contribution is 5.91. The van der Waals surface area contributed by atoms with E-state index in [1.54, 1.807) is 17.2 Å². The molecule has 6 nitrogen and oxygen atoms in total. The molecule has 1 aromatic carbocycles. The topological polar surface area (TPSA) is 65.5 Å². The van der Waals surface area contributed by atoms with Crippen LogP contribution in [0.3, 0.4) is 0 Å². The monoisotopic (exact) mass is 380 g/mol. The lowest BCUT2D eigenvalue weighted by molar-refractivity contribution is -0.133. The molecule has 1 aromatic heterocycles. The number of carbonyl (C=O) groups is 2. The average Bonchev–Trinajstić information content (AvgIpc) is 2.70. The van der Waals surface area contributed by atoms with Crippen LogP contribution in [-0.2, 0) is 16.1 Å². The quantitative estimate of drug-likeness (QED) is 0.837. The van der Waals surface area contributed by atoms with Crippen molar-refractivity contribution in [3.8, 4) is 0 Å². The second-order valence-electron chi connectivity index (χ2n) is 7.51. The van der Waals surface area contributed by atoms with E-state index in [1.165, 1.54) is 5.56 Å². The minimum Gasteiger partial charge on any atom is -0.340 e. The Bertz CT molecular complexity index is 792. The average molecular weight is 380 g/mol. The highest BCUT2D eigenvalue weighted by Gasteiger charge is 2.27. The number of hydrogen-bond acceptors (Lipinski definition) is 4. The van der Waals surface area contributed by atoms with Crippen LogP contribution >= 0.6 is 0 Å². The van der Waals surface area contributed by atoms with Gasteiger partial charge in [-0.3, -0.25) is 14.5 Å². The molecular weight excluding hydrogens is 352 g/mol. The van der Waals surface area contributed by atoms with Gasteiger partial charge in [-0.2, -0.15) is 0 Å². The number of aromatic nitrogens is 1. The summed E-state index contributed by atoms with van der Waals surface area (Å²) in [5.74, 6) is 0.500. The fourth-order valence-corrected chi connectivity index (χ4v) is 3.45. The minimum atomic E-state index is -0.119. The van der Waals surface area contributed by atoms with Crippen LogP contribution < -0.4 is 5.32 Å². The van der Waals surface area contributed by atoms with Crippen molar-refractivity contribution in [3.05, 3.63) is 59.8 Å². The molecule has 2 aromatic rings. The predicted octanol–water partition coefficient (Wildman–Crippen LogP) is 2.70. The predicted molar refractivity (Wildman–Crippen MR) is 110 cm³/mol. The van der Waals surface area contributed by atoms with E-state index in [0.717, 1.165) is 24.9 Å². The molecule has 2 amide bonds. The van der Waals surface area contributed by atoms with Gasteiger partial charge in [0.05, 0.1) is 12.5 Å². The number of piperidine rings is 1. The molecule has 0 bridgehead atoms. The van der Waals surface area contributed by atoms with Crippen molar-refractivity contribution in [2.24, 2.45) is 5.92 Å². The van der Waals surface area contributed by atoms with Gasteiger partial charge in [-0.1, -0.05) is 35.9 Å². The summed E-state index contributed by atoms with van der Waals surface area (Å²) in [7, 11) is 1.83. The van der Waals surface area contributed by atoms with Crippen molar-refractivity contribution in [2.75, 3.05) is 32.0 Å². The normalized spacial score (nSPS) is 17.1. The standard InChI is InChI=1S/C22H28N4O2/c1-17-8-10-18(11-9-17)14-25(2)21(27)16-26-13-5-6-19(15-26)22(28)24-20-7-3-4-12-23-20/h3-4,7-12,19H,5-6,13-16H2,1-2H3,(H,23,24,28)/t19-/m0/s1. The van der Waals surface area contributed by atoms with E-state index in [0.29, 0.717) is 25.5 Å². The lowest BCUT2D eigenvalue weighted by Gasteiger charge is -2.32. The molecule has 1 aliphatic heterocycles. The third kappa shape index (κ3) is 5.63. The molecule has 1 saturated heterocycles. The molecule has 3 rings (SSSR count). The Hall–Kier alpha value is -2.73. The van der Waals surface area contributed by atoms with Crippen molar-refractivity contribution in [2.45, 2.75) is 26.3 Å². The summed E-state index contributed by atoms with van der Waals surface area (Å²) in [6.45, 7) is 4.43. The summed E-state index contributed by atoms with van der Waals surface area (Å²) < 4.78 is 0. The fourth-order valence-electron chi connectivity index (χ4n) is 3.45. The van der Waals surface area contributed by atoms with E-state index in [4.69, 9.17) is 0 Å². The summed E-state index contributed by atoms with van der Waals surface area (Å²) in [6.07, 6.45) is 3.41. The van der Waals surface area contributed by atoms with Crippen LogP contribution in [-0.4, -0.2) is 53.3 Å². The molecule has 0 unspecified atom stereocenters. The number of rotatable bonds is 6. The second-order valence-corrected chi connectivity index (χ2v) is 7.51. The van der Waals surface area contributed by atoms with Crippen LogP contribution in [0.5, 0.6) is 0 Å². The molecule has 0 aliphatic carbocycles. The first kappa shape index (κ1) is 20.0. The van der Waals surface area contributed by atoms with Crippen molar-refractivity contribution >= 4 is 17.6 Å². The van der Waals surface area contributed by atoms with Gasteiger partial charge in [0.2, 0.25) is 11.8 Å². The first-order chi connectivity index (χ1) is 13.5. The van der Waals surface area contributed by atoms with Crippen molar-refractivity contribution in [1.29, 1.82) is 0 Å². The van der Waals surface area contributed by atoms with Gasteiger partial charge in [-0.15, -0.1) is 0 Å². The summed E-state index contributed by atoms with van der Waals surface area (Å²) in [6, 6.07) is 13.7. The molecule has 1 fully saturated rings. The van der Waals surface area contributed by atoms with E-state index in [2.05, 4.69) is 46.4 Å². The number of amides is 2. The van der Waals surface area contributed by atoms with Crippen molar-refractivity contribution in [3.63, 3.8) is 0 Å². The van der Waals surface area contributed by atoms with Gasteiger partial charge in [-0.25, -0.2) is 4.98 Å². The lowest BCUT2D eigenvalue weighted by atomic mass is 9.97. The molecule has 28 heavy (non-hydrogen) atoms. The molecular formula is C22H28N4O2. The second kappa shape index (κ2) is 9.46. The number of hydrogen-bond donors (Lipinski definition) is 1. The number of pyridine rings is 1. The van der Waals surface area contributed by atoms with Gasteiger partial charge in [0, 0.05) is 26.3 Å². The lowest BCUT2D eigenvalue weighted by Crippen LogP contribution is -2.45. The van der Waals surface area contributed by atoms with E-state index in [1.807, 2.05) is 19.2 Å². The zero-order chi connectivity index (χ0) is 19.9. The third-order valence-corrected chi connectivity index (χ3v) is 5.12. The minimum absolute atomic E-state index is 0.0242. The molecule has 1 atom stereocenters. The largest absolute Gasteiger partial charge is 0.340 e. The van der Waals surface area contributed by atoms with E-state index in [9.17, 15) is 9.59 Å². The van der Waals surface area contributed by atoms with Crippen LogP contribution in [0.25, 0.3) is 0 Å². The summed E-state index contributed by atoms with van der Waals surface area (Å²) >= 11 is 0. The Morgan fingerprint density at radius 2 is 2.00 bits per heavy atom. The number of nitrogens with zero attached hydrogens (tertiary/aromatic N) is 3. The smallest absolute Gasteiger partial charge is 0.236 e. The molecule has 0 spiro atoms. The highest BCUT2D eigenvalue weighted by Crippen LogP contribution is 2.18. The van der Waals surface area contributed by atoms with Crippen LogP contribution in [0.2, 0.25) is 0 Å². The fraction of sp³-hybridized carbons (Fsp3) is 0.409. The van der Waals surface area contributed by atoms with Crippen molar-refractivity contribution < 1.29 is 9.59 Å². The maximum Gasteiger partial charge on any atom is 0.236 e. The summed E-state index contributed by atoms with van der Waals surface area (Å²) in [5, 5.41) is 2.87. The van der Waals surface area contributed by atoms with Gasteiger partial charge in [0.15, 0.2) is 0 Å². The van der Waals surface area contributed by atoms with Crippen LogP contribution in [0.1, 0.15) is 24.0 Å². The van der Waals surface area contributed by atoms with E-state index in [-0.39, 0.29) is 17.7 Å². The Labute approximate surface area is 166 Å². The molecule has 2 heterocycles. The van der Waals surface area contributed by atoms with Gasteiger partial charge in [-0.05, 0) is 44.0 Å². The highest BCUT2D eigenvalue weighted by atomic mass is 16.2. The molecule has 148 valence electrons. The van der Waals surface area contributed by atoms with Gasteiger partial charge >= 0.3 is 0 Å². The number of carbonyl (C=O) groups excluding carboxylic acids is 2. The maximum absolute atomic E-state index is 12.6. The molecule has 0 radical (unpaired) electrons. The number of nitrogens with one attached hydrogen (secondary N) is 1.